The Kier molecular flexibility index (Phi) is 5.06. The fourth-order valence-electron chi connectivity index (χ4n) is 5.79. The number of hydrogen-bond donors (Lipinski definition) is 2. The number of rotatable bonds is 4. The van der Waals surface area contributed by atoms with Gasteiger partial charge in [-0.05, 0) is 62.6 Å². The summed E-state index contributed by atoms with van der Waals surface area (Å²) in [6, 6.07) is 9.10. The molecule has 3 atom stereocenters. The summed E-state index contributed by atoms with van der Waals surface area (Å²) in [7, 11) is 3.12. The smallest absolute Gasteiger partial charge is 0.250 e. The average Bonchev–Trinajstić information content (AvgIpc) is 3.43. The van der Waals surface area contributed by atoms with E-state index in [1.165, 1.54) is 0 Å². The molecule has 5 rings (SSSR count). The lowest BCUT2D eigenvalue weighted by molar-refractivity contribution is -0.135. The quantitative estimate of drug-likeness (QED) is 0.730. The number of halogens is 1. The summed E-state index contributed by atoms with van der Waals surface area (Å²) < 4.78 is 10.7. The molecule has 3 aliphatic heterocycles. The Balaban J connectivity index is 1.60. The first-order chi connectivity index (χ1) is 15.4. The van der Waals surface area contributed by atoms with Gasteiger partial charge >= 0.3 is 0 Å². The number of amides is 2. The zero-order valence-corrected chi connectivity index (χ0v) is 19.1. The van der Waals surface area contributed by atoms with Crippen molar-refractivity contribution >= 4 is 34.8 Å². The molecular formula is C24H26ClN3O4. The lowest BCUT2D eigenvalue weighted by Gasteiger charge is -2.36. The Bertz CT molecular complexity index is 1120. The molecule has 168 valence electrons. The fraction of sp³-hybridized carbons (Fsp3) is 0.417. The van der Waals surface area contributed by atoms with Crippen LogP contribution in [0.15, 0.2) is 30.3 Å². The topological polar surface area (TPSA) is 79.9 Å². The van der Waals surface area contributed by atoms with Crippen LogP contribution in [0.1, 0.15) is 30.4 Å². The van der Waals surface area contributed by atoms with Crippen LogP contribution in [-0.4, -0.2) is 43.5 Å². The van der Waals surface area contributed by atoms with Crippen molar-refractivity contribution in [3.63, 3.8) is 0 Å². The summed E-state index contributed by atoms with van der Waals surface area (Å²) in [5.41, 5.74) is 1.91. The summed E-state index contributed by atoms with van der Waals surface area (Å²) in [5.74, 6) is 0.200. The van der Waals surface area contributed by atoms with E-state index in [2.05, 4.69) is 15.5 Å². The van der Waals surface area contributed by atoms with Crippen molar-refractivity contribution in [3.8, 4) is 11.5 Å². The molecule has 0 aliphatic carbocycles. The van der Waals surface area contributed by atoms with Crippen molar-refractivity contribution < 1.29 is 19.1 Å². The van der Waals surface area contributed by atoms with E-state index < -0.39 is 11.5 Å². The molecule has 2 aromatic rings. The van der Waals surface area contributed by atoms with Crippen LogP contribution in [0, 0.1) is 12.8 Å². The minimum absolute atomic E-state index is 0.153. The molecule has 0 saturated carbocycles. The van der Waals surface area contributed by atoms with Crippen molar-refractivity contribution in [2.24, 2.45) is 5.92 Å². The Morgan fingerprint density at radius 1 is 1.25 bits per heavy atom. The van der Waals surface area contributed by atoms with E-state index in [0.29, 0.717) is 28.6 Å². The molecule has 3 unspecified atom stereocenters. The minimum Gasteiger partial charge on any atom is -0.497 e. The van der Waals surface area contributed by atoms with E-state index >= 15 is 0 Å². The van der Waals surface area contributed by atoms with Crippen molar-refractivity contribution in [2.45, 2.75) is 37.8 Å². The van der Waals surface area contributed by atoms with Crippen LogP contribution < -0.4 is 20.1 Å². The molecule has 1 spiro atoms. The zero-order valence-electron chi connectivity index (χ0n) is 18.3. The highest BCUT2D eigenvalue weighted by Crippen LogP contribution is 2.56. The van der Waals surface area contributed by atoms with Crippen LogP contribution in [0.2, 0.25) is 5.02 Å². The first-order valence-electron chi connectivity index (χ1n) is 10.8. The van der Waals surface area contributed by atoms with E-state index in [0.717, 1.165) is 36.2 Å². The molecule has 0 aromatic heterocycles. The van der Waals surface area contributed by atoms with Crippen LogP contribution in [0.4, 0.5) is 11.4 Å². The van der Waals surface area contributed by atoms with Gasteiger partial charge in [0.2, 0.25) is 11.8 Å². The van der Waals surface area contributed by atoms with Crippen LogP contribution in [0.25, 0.3) is 0 Å². The molecule has 2 saturated heterocycles. The van der Waals surface area contributed by atoms with E-state index in [-0.39, 0.29) is 17.9 Å². The predicted octanol–water partition coefficient (Wildman–Crippen LogP) is 3.94. The minimum atomic E-state index is -1.07. The van der Waals surface area contributed by atoms with E-state index in [1.54, 1.807) is 32.4 Å². The van der Waals surface area contributed by atoms with Crippen molar-refractivity contribution in [1.29, 1.82) is 0 Å². The molecule has 32 heavy (non-hydrogen) atoms. The standard InChI is InChI=1S/C24H26ClN3O4/c1-13-9-14(25)10-17-21(13)27-23(30)24(17)18(11-15-5-4-8-28(15)24)22(29)26-19-12-16(31-2)6-7-20(19)32-3/h6-7,9-10,12,15,18H,4-5,8,11H2,1-3H3,(H,26,29)(H,27,30). The molecular weight excluding hydrogens is 430 g/mol. The van der Waals surface area contributed by atoms with Gasteiger partial charge in [0, 0.05) is 28.4 Å². The Hall–Kier alpha value is -2.77. The molecule has 2 fully saturated rings. The van der Waals surface area contributed by atoms with Gasteiger partial charge in [0.25, 0.3) is 0 Å². The molecule has 3 heterocycles. The summed E-state index contributed by atoms with van der Waals surface area (Å²) in [4.78, 5) is 29.6. The van der Waals surface area contributed by atoms with Gasteiger partial charge < -0.3 is 20.1 Å². The number of nitrogens with zero attached hydrogens (tertiary/aromatic N) is 1. The van der Waals surface area contributed by atoms with Gasteiger partial charge in [-0.3, -0.25) is 14.5 Å². The summed E-state index contributed by atoms with van der Waals surface area (Å²) in [5, 5.41) is 6.64. The second-order valence-corrected chi connectivity index (χ2v) is 9.14. The number of anilines is 2. The average molecular weight is 456 g/mol. The maximum absolute atomic E-state index is 13.8. The molecule has 7 nitrogen and oxygen atoms in total. The van der Waals surface area contributed by atoms with Gasteiger partial charge in [-0.25, -0.2) is 0 Å². The lowest BCUT2D eigenvalue weighted by Crippen LogP contribution is -2.53. The highest BCUT2D eigenvalue weighted by Gasteiger charge is 2.65. The van der Waals surface area contributed by atoms with Gasteiger partial charge in [0.15, 0.2) is 0 Å². The second kappa shape index (κ2) is 7.67. The molecule has 8 heteroatoms. The maximum atomic E-state index is 13.8. The number of fused-ring (bicyclic) bond motifs is 4. The third kappa shape index (κ3) is 2.91. The molecule has 2 amide bonds. The Morgan fingerprint density at radius 3 is 2.81 bits per heavy atom. The first kappa shape index (κ1) is 21.1. The monoisotopic (exact) mass is 455 g/mol. The van der Waals surface area contributed by atoms with E-state index in [4.69, 9.17) is 21.1 Å². The largest absolute Gasteiger partial charge is 0.497 e. The lowest BCUT2D eigenvalue weighted by atomic mass is 9.78. The number of carbonyl (C=O) groups excluding carboxylic acids is 2. The van der Waals surface area contributed by atoms with Gasteiger partial charge in [-0.15, -0.1) is 0 Å². The zero-order chi connectivity index (χ0) is 22.6. The van der Waals surface area contributed by atoms with Crippen LogP contribution >= 0.6 is 11.6 Å². The van der Waals surface area contributed by atoms with Crippen LogP contribution in [0.5, 0.6) is 11.5 Å². The Labute approximate surface area is 192 Å². The number of hydrogen-bond acceptors (Lipinski definition) is 5. The van der Waals surface area contributed by atoms with Gasteiger partial charge in [0.1, 0.15) is 17.0 Å². The number of benzene rings is 2. The van der Waals surface area contributed by atoms with Crippen molar-refractivity contribution in [1.82, 2.24) is 4.90 Å². The van der Waals surface area contributed by atoms with Gasteiger partial charge in [0.05, 0.1) is 25.8 Å². The third-order valence-corrected chi connectivity index (χ3v) is 7.34. The summed E-state index contributed by atoms with van der Waals surface area (Å²) >= 11 is 6.42. The molecule has 0 radical (unpaired) electrons. The number of carbonyl (C=O) groups is 2. The normalized spacial score (nSPS) is 26.1. The summed E-state index contributed by atoms with van der Waals surface area (Å²) in [6.07, 6.45) is 2.58. The van der Waals surface area contributed by atoms with Crippen molar-refractivity contribution in [2.75, 3.05) is 31.4 Å². The summed E-state index contributed by atoms with van der Waals surface area (Å²) in [6.45, 7) is 2.70. The number of nitrogens with one attached hydrogen (secondary N) is 2. The van der Waals surface area contributed by atoms with E-state index in [1.807, 2.05) is 19.1 Å². The molecule has 2 N–H and O–H groups in total. The van der Waals surface area contributed by atoms with Gasteiger partial charge in [-0.2, -0.15) is 0 Å². The first-order valence-corrected chi connectivity index (χ1v) is 11.2. The second-order valence-electron chi connectivity index (χ2n) is 8.70. The van der Waals surface area contributed by atoms with Crippen molar-refractivity contribution in [3.05, 3.63) is 46.5 Å². The highest BCUT2D eigenvalue weighted by molar-refractivity contribution is 6.31. The van der Waals surface area contributed by atoms with Crippen LogP contribution in [-0.2, 0) is 15.1 Å². The SMILES string of the molecule is COc1ccc(OC)c(NC(=O)C2CC3CCCN3C23C(=O)Nc2c(C)cc(Cl)cc23)c1. The number of aryl methyl sites for hydroxylation is 1. The maximum Gasteiger partial charge on any atom is 0.250 e. The third-order valence-electron chi connectivity index (χ3n) is 7.12. The molecule has 3 aliphatic rings. The Morgan fingerprint density at radius 2 is 2.06 bits per heavy atom. The van der Waals surface area contributed by atoms with Crippen LogP contribution in [0.3, 0.4) is 0 Å². The van der Waals surface area contributed by atoms with Gasteiger partial charge in [-0.1, -0.05) is 11.6 Å². The predicted molar refractivity (Wildman–Crippen MR) is 123 cm³/mol. The highest BCUT2D eigenvalue weighted by atomic mass is 35.5. The number of ether oxygens (including phenoxy) is 2. The molecule has 0 bridgehead atoms. The number of methoxy groups -OCH3 is 2. The fourth-order valence-corrected chi connectivity index (χ4v) is 6.06. The molecule has 2 aromatic carbocycles. The van der Waals surface area contributed by atoms with E-state index in [9.17, 15) is 9.59 Å².